The Labute approximate surface area is 153 Å². The Kier molecular flexibility index (Phi) is 7.40. The van der Waals surface area contributed by atoms with Gasteiger partial charge in [0.15, 0.2) is 10.9 Å². The topological polar surface area (TPSA) is 79.2 Å². The first-order valence-electron chi connectivity index (χ1n) is 8.49. The number of aromatic carboxylic acids is 1. The van der Waals surface area contributed by atoms with Crippen LogP contribution in [0.5, 0.6) is 0 Å². The van der Waals surface area contributed by atoms with Gasteiger partial charge in [-0.2, -0.15) is 5.10 Å². The normalized spacial score (nSPS) is 10.4. The van der Waals surface area contributed by atoms with E-state index in [0.717, 1.165) is 24.9 Å². The van der Waals surface area contributed by atoms with Crippen molar-refractivity contribution in [2.24, 2.45) is 0 Å². The van der Waals surface area contributed by atoms with Crippen molar-refractivity contribution in [3.63, 3.8) is 0 Å². The van der Waals surface area contributed by atoms with Crippen molar-refractivity contribution >= 4 is 29.1 Å². The first kappa shape index (κ1) is 18.9. The molecule has 134 valence electrons. The van der Waals surface area contributed by atoms with Crippen LogP contribution in [0.3, 0.4) is 0 Å². The summed E-state index contributed by atoms with van der Waals surface area (Å²) in [6.07, 6.45) is 6.09. The van der Waals surface area contributed by atoms with E-state index in [2.05, 4.69) is 22.7 Å². The van der Waals surface area contributed by atoms with Gasteiger partial charge in [-0.15, -0.1) is 0 Å². The van der Waals surface area contributed by atoms with Gasteiger partial charge in [0.1, 0.15) is 5.56 Å². The molecule has 1 heterocycles. The molecule has 25 heavy (non-hydrogen) atoms. The minimum Gasteiger partial charge on any atom is -0.477 e. The average molecular weight is 360 g/mol. The van der Waals surface area contributed by atoms with Crippen LogP contribution in [0.1, 0.15) is 48.5 Å². The third kappa shape index (κ3) is 6.19. The van der Waals surface area contributed by atoms with Gasteiger partial charge in [-0.3, -0.25) is 4.68 Å². The molecule has 0 fully saturated rings. The molecule has 0 spiro atoms. The second kappa shape index (κ2) is 9.78. The highest BCUT2D eigenvalue weighted by atomic mass is 32.1. The number of carbonyl (C=O) groups is 1. The Morgan fingerprint density at radius 2 is 2.00 bits per heavy atom. The number of nitrogens with zero attached hydrogens (tertiary/aromatic N) is 2. The van der Waals surface area contributed by atoms with Crippen LogP contribution in [0.25, 0.3) is 0 Å². The summed E-state index contributed by atoms with van der Waals surface area (Å²) >= 11 is 5.23. The number of hydrogen-bond acceptors (Lipinski definition) is 3. The van der Waals surface area contributed by atoms with Crippen molar-refractivity contribution in [1.82, 2.24) is 15.1 Å². The van der Waals surface area contributed by atoms with Gasteiger partial charge in [0, 0.05) is 12.7 Å². The van der Waals surface area contributed by atoms with Gasteiger partial charge >= 0.3 is 5.97 Å². The van der Waals surface area contributed by atoms with Crippen LogP contribution in [-0.2, 0) is 6.54 Å². The maximum atomic E-state index is 11.4. The highest BCUT2D eigenvalue weighted by molar-refractivity contribution is 7.80. The fourth-order valence-electron chi connectivity index (χ4n) is 2.43. The number of anilines is 1. The second-order valence-electron chi connectivity index (χ2n) is 5.82. The number of carboxylic acids is 1. The minimum atomic E-state index is -1.03. The van der Waals surface area contributed by atoms with E-state index in [1.54, 1.807) is 4.68 Å². The third-order valence-electron chi connectivity index (χ3n) is 3.73. The standard InChI is InChI=1S/C18H24N4O2S/c1-2-3-4-8-11-19-18(25)20-16-15(17(23)24)13-22(21-16)12-14-9-6-5-7-10-14/h5-7,9-10,13H,2-4,8,11-12H2,1H3,(H,23,24)(H2,19,20,21,25). The van der Waals surface area contributed by atoms with Gasteiger partial charge in [-0.1, -0.05) is 56.5 Å². The smallest absolute Gasteiger partial charge is 0.341 e. The van der Waals surface area contributed by atoms with Crippen LogP contribution < -0.4 is 10.6 Å². The average Bonchev–Trinajstić information content (AvgIpc) is 2.98. The highest BCUT2D eigenvalue weighted by Crippen LogP contribution is 2.14. The lowest BCUT2D eigenvalue weighted by Crippen LogP contribution is -2.30. The SMILES string of the molecule is CCCCCCNC(=S)Nc1nn(Cc2ccccc2)cc1C(=O)O. The van der Waals surface area contributed by atoms with E-state index in [1.807, 2.05) is 30.3 Å². The van der Waals surface area contributed by atoms with Crippen LogP contribution in [0.2, 0.25) is 0 Å². The predicted octanol–water partition coefficient (Wildman–Crippen LogP) is 3.50. The molecule has 0 aliphatic rings. The summed E-state index contributed by atoms with van der Waals surface area (Å²) in [6.45, 7) is 3.43. The second-order valence-corrected chi connectivity index (χ2v) is 6.23. The monoisotopic (exact) mass is 360 g/mol. The molecule has 0 atom stereocenters. The molecule has 0 unspecified atom stereocenters. The molecular formula is C18H24N4O2S. The molecular weight excluding hydrogens is 336 g/mol. The van der Waals surface area contributed by atoms with E-state index in [-0.39, 0.29) is 11.4 Å². The molecule has 2 rings (SSSR count). The Hall–Kier alpha value is -2.41. The zero-order valence-electron chi connectivity index (χ0n) is 14.4. The quantitative estimate of drug-likeness (QED) is 0.469. The molecule has 0 amide bonds. The summed E-state index contributed by atoms with van der Waals surface area (Å²) in [7, 11) is 0. The van der Waals surface area contributed by atoms with Crippen molar-refractivity contribution in [2.45, 2.75) is 39.2 Å². The van der Waals surface area contributed by atoms with Crippen LogP contribution in [-0.4, -0.2) is 32.5 Å². The number of nitrogens with one attached hydrogen (secondary N) is 2. The molecule has 0 bridgehead atoms. The summed E-state index contributed by atoms with van der Waals surface area (Å²) in [6, 6.07) is 9.75. The number of thiocarbonyl (C=S) groups is 1. The lowest BCUT2D eigenvalue weighted by Gasteiger charge is -2.09. The predicted molar refractivity (Wildman–Crippen MR) is 103 cm³/mol. The summed E-state index contributed by atoms with van der Waals surface area (Å²) in [4.78, 5) is 11.4. The summed E-state index contributed by atoms with van der Waals surface area (Å²) in [5.41, 5.74) is 1.15. The van der Waals surface area contributed by atoms with Gasteiger partial charge in [0.25, 0.3) is 0 Å². The van der Waals surface area contributed by atoms with Crippen molar-refractivity contribution in [1.29, 1.82) is 0 Å². The van der Waals surface area contributed by atoms with Crippen LogP contribution >= 0.6 is 12.2 Å². The molecule has 1 aromatic carbocycles. The Morgan fingerprint density at radius 3 is 2.68 bits per heavy atom. The van der Waals surface area contributed by atoms with Crippen molar-refractivity contribution in [2.75, 3.05) is 11.9 Å². The minimum absolute atomic E-state index is 0.103. The highest BCUT2D eigenvalue weighted by Gasteiger charge is 2.16. The number of rotatable bonds is 9. The van der Waals surface area contributed by atoms with Gasteiger partial charge in [-0.05, 0) is 24.2 Å². The van der Waals surface area contributed by atoms with Crippen molar-refractivity contribution < 1.29 is 9.90 Å². The Balaban J connectivity index is 1.96. The van der Waals surface area contributed by atoms with Crippen LogP contribution in [0.15, 0.2) is 36.5 Å². The van der Waals surface area contributed by atoms with Crippen LogP contribution in [0, 0.1) is 0 Å². The van der Waals surface area contributed by atoms with Gasteiger partial charge in [0.05, 0.1) is 6.54 Å². The molecule has 2 aromatic rings. The van der Waals surface area contributed by atoms with Crippen molar-refractivity contribution in [3.8, 4) is 0 Å². The maximum Gasteiger partial charge on any atom is 0.341 e. The molecule has 3 N–H and O–H groups in total. The lowest BCUT2D eigenvalue weighted by atomic mass is 10.2. The maximum absolute atomic E-state index is 11.4. The van der Waals surface area contributed by atoms with E-state index < -0.39 is 5.97 Å². The molecule has 0 saturated carbocycles. The third-order valence-corrected chi connectivity index (χ3v) is 3.97. The first-order valence-corrected chi connectivity index (χ1v) is 8.90. The molecule has 7 heteroatoms. The summed E-state index contributed by atoms with van der Waals surface area (Å²) in [5, 5.41) is 20.1. The van der Waals surface area contributed by atoms with Crippen LogP contribution in [0.4, 0.5) is 5.82 Å². The first-order chi connectivity index (χ1) is 12.1. The molecule has 1 aromatic heterocycles. The van der Waals surface area contributed by atoms with E-state index in [0.29, 0.717) is 11.7 Å². The molecule has 0 saturated heterocycles. The molecule has 0 radical (unpaired) electrons. The van der Waals surface area contributed by atoms with Gasteiger partial charge in [-0.25, -0.2) is 4.79 Å². The fourth-order valence-corrected chi connectivity index (χ4v) is 2.63. The number of benzene rings is 1. The Morgan fingerprint density at radius 1 is 1.24 bits per heavy atom. The molecule has 0 aliphatic heterocycles. The largest absolute Gasteiger partial charge is 0.477 e. The molecule has 0 aliphatic carbocycles. The Bertz CT molecular complexity index is 700. The number of aromatic nitrogens is 2. The summed E-state index contributed by atoms with van der Waals surface area (Å²) < 4.78 is 1.60. The number of unbranched alkanes of at least 4 members (excludes halogenated alkanes) is 3. The van der Waals surface area contributed by atoms with E-state index in [4.69, 9.17) is 12.2 Å². The lowest BCUT2D eigenvalue weighted by molar-refractivity contribution is 0.0698. The van der Waals surface area contributed by atoms with E-state index >= 15 is 0 Å². The van der Waals surface area contributed by atoms with Crippen molar-refractivity contribution in [3.05, 3.63) is 47.7 Å². The molecule has 6 nitrogen and oxygen atoms in total. The zero-order valence-corrected chi connectivity index (χ0v) is 15.2. The number of hydrogen-bond donors (Lipinski definition) is 3. The number of carboxylic acid groups (broad SMARTS) is 1. The van der Waals surface area contributed by atoms with Gasteiger partial charge < -0.3 is 15.7 Å². The van der Waals surface area contributed by atoms with E-state index in [9.17, 15) is 9.90 Å². The fraction of sp³-hybridized carbons (Fsp3) is 0.389. The zero-order chi connectivity index (χ0) is 18.1. The van der Waals surface area contributed by atoms with E-state index in [1.165, 1.54) is 19.0 Å². The van der Waals surface area contributed by atoms with Gasteiger partial charge in [0.2, 0.25) is 0 Å². The summed E-state index contributed by atoms with van der Waals surface area (Å²) in [5.74, 6) is -0.776.